The molecule has 2 aromatic heterocycles. The number of morpholine rings is 1. The number of nitrogens with one attached hydrogen (secondary N) is 2. The first-order valence-corrected chi connectivity index (χ1v) is 7.08. The second-order valence-corrected chi connectivity index (χ2v) is 5.13. The predicted octanol–water partition coefficient (Wildman–Crippen LogP) is 1.35. The van der Waals surface area contributed by atoms with Crippen LogP contribution < -0.4 is 5.32 Å². The minimum absolute atomic E-state index is 0.198. The normalized spacial score (nSPS) is 21.7. The lowest BCUT2D eigenvalue weighted by Crippen LogP contribution is -2.53. The summed E-state index contributed by atoms with van der Waals surface area (Å²) in [4.78, 5) is 24.3. The number of imidazole rings is 1. The molecule has 6 heteroatoms. The molecular weight excluding hydrogens is 280 g/mol. The highest BCUT2D eigenvalue weighted by molar-refractivity contribution is 5.91. The summed E-state index contributed by atoms with van der Waals surface area (Å²) >= 11 is 0. The molecule has 22 heavy (non-hydrogen) atoms. The summed E-state index contributed by atoms with van der Waals surface area (Å²) in [6.45, 7) is 0.934. The van der Waals surface area contributed by atoms with Crippen LogP contribution >= 0.6 is 0 Å². The lowest BCUT2D eigenvalue weighted by atomic mass is 9.87. The average molecular weight is 294 g/mol. The van der Waals surface area contributed by atoms with E-state index in [0.29, 0.717) is 18.8 Å². The number of aromatic nitrogens is 3. The van der Waals surface area contributed by atoms with Crippen molar-refractivity contribution in [2.45, 2.75) is 5.60 Å². The molecule has 1 amide bonds. The molecule has 1 aliphatic rings. The molecule has 0 spiro atoms. The van der Waals surface area contributed by atoms with Crippen LogP contribution in [0.25, 0.3) is 11.0 Å². The van der Waals surface area contributed by atoms with E-state index >= 15 is 0 Å². The van der Waals surface area contributed by atoms with Crippen molar-refractivity contribution < 1.29 is 9.53 Å². The van der Waals surface area contributed by atoms with E-state index in [4.69, 9.17) is 4.74 Å². The minimum atomic E-state index is -1.22. The Balaban J connectivity index is 1.95. The van der Waals surface area contributed by atoms with E-state index in [1.54, 1.807) is 12.5 Å². The summed E-state index contributed by atoms with van der Waals surface area (Å²) in [5, 5.41) is 2.88. The number of benzene rings is 1. The summed E-state index contributed by atoms with van der Waals surface area (Å²) in [5.41, 5.74) is 1.79. The zero-order valence-electron chi connectivity index (χ0n) is 11.7. The molecule has 3 heterocycles. The number of H-pyrrole nitrogens is 1. The first-order valence-electron chi connectivity index (χ1n) is 7.08. The van der Waals surface area contributed by atoms with Crippen molar-refractivity contribution in [3.8, 4) is 0 Å². The molecule has 1 aromatic carbocycles. The fourth-order valence-corrected chi connectivity index (χ4v) is 2.84. The maximum Gasteiger partial charge on any atom is 0.263 e. The molecule has 0 aliphatic carbocycles. The Hall–Kier alpha value is -2.73. The van der Waals surface area contributed by atoms with E-state index in [-0.39, 0.29) is 5.91 Å². The molecule has 0 bridgehead atoms. The van der Waals surface area contributed by atoms with Gasteiger partial charge in [-0.1, -0.05) is 12.1 Å². The third-order valence-corrected chi connectivity index (χ3v) is 3.88. The van der Waals surface area contributed by atoms with Crippen molar-refractivity contribution in [3.05, 3.63) is 60.2 Å². The van der Waals surface area contributed by atoms with E-state index in [1.165, 1.54) is 0 Å². The van der Waals surface area contributed by atoms with Crippen molar-refractivity contribution in [2.24, 2.45) is 0 Å². The highest BCUT2D eigenvalue weighted by atomic mass is 16.5. The van der Waals surface area contributed by atoms with E-state index in [0.717, 1.165) is 16.6 Å². The maximum absolute atomic E-state index is 12.7. The number of hydrogen-bond acceptors (Lipinski definition) is 4. The monoisotopic (exact) mass is 294 g/mol. The molecule has 1 aliphatic heterocycles. The number of nitrogens with zero attached hydrogens (tertiary/aromatic N) is 2. The van der Waals surface area contributed by atoms with Crippen LogP contribution in [0.5, 0.6) is 0 Å². The van der Waals surface area contributed by atoms with Crippen LogP contribution in [0.2, 0.25) is 0 Å². The molecule has 110 valence electrons. The first-order chi connectivity index (χ1) is 10.8. The van der Waals surface area contributed by atoms with E-state index in [1.807, 2.05) is 36.4 Å². The molecule has 0 radical (unpaired) electrons. The number of aromatic amines is 1. The highest BCUT2D eigenvalue weighted by Crippen LogP contribution is 2.35. The lowest BCUT2D eigenvalue weighted by Gasteiger charge is -2.35. The fourth-order valence-electron chi connectivity index (χ4n) is 2.84. The van der Waals surface area contributed by atoms with Crippen molar-refractivity contribution in [3.63, 3.8) is 0 Å². The quantitative estimate of drug-likeness (QED) is 0.747. The van der Waals surface area contributed by atoms with Crippen molar-refractivity contribution in [2.75, 3.05) is 13.2 Å². The zero-order valence-corrected chi connectivity index (χ0v) is 11.7. The number of pyridine rings is 1. The van der Waals surface area contributed by atoms with E-state index < -0.39 is 5.60 Å². The van der Waals surface area contributed by atoms with Gasteiger partial charge in [-0.3, -0.25) is 9.78 Å². The van der Waals surface area contributed by atoms with E-state index in [2.05, 4.69) is 20.3 Å². The summed E-state index contributed by atoms with van der Waals surface area (Å²) in [7, 11) is 0. The molecule has 1 fully saturated rings. The Kier molecular flexibility index (Phi) is 2.90. The lowest BCUT2D eigenvalue weighted by molar-refractivity contribution is -0.150. The summed E-state index contributed by atoms with van der Waals surface area (Å²) in [6.07, 6.45) is 3.29. The number of rotatable bonds is 2. The van der Waals surface area contributed by atoms with E-state index in [9.17, 15) is 4.79 Å². The third-order valence-electron chi connectivity index (χ3n) is 3.88. The van der Waals surface area contributed by atoms with Crippen LogP contribution in [0.3, 0.4) is 0 Å². The van der Waals surface area contributed by atoms with Crippen LogP contribution in [0.4, 0.5) is 0 Å². The number of amides is 1. The number of carbonyl (C=O) groups excluding carboxylic acids is 1. The Bertz CT molecular complexity index is 830. The van der Waals surface area contributed by atoms with Crippen LogP contribution in [0.15, 0.2) is 48.9 Å². The smallest absolute Gasteiger partial charge is 0.263 e. The topological polar surface area (TPSA) is 79.9 Å². The molecular formula is C16H14N4O2. The molecule has 4 rings (SSSR count). The average Bonchev–Trinajstić information content (AvgIpc) is 3.04. The number of fused-ring (bicyclic) bond motifs is 1. The zero-order chi connectivity index (χ0) is 15.0. The van der Waals surface area contributed by atoms with Gasteiger partial charge in [-0.2, -0.15) is 0 Å². The van der Waals surface area contributed by atoms with Gasteiger partial charge in [0.15, 0.2) is 0 Å². The largest absolute Gasteiger partial charge is 0.353 e. The number of carbonyl (C=O) groups is 1. The van der Waals surface area contributed by atoms with Crippen molar-refractivity contribution in [1.29, 1.82) is 0 Å². The summed E-state index contributed by atoms with van der Waals surface area (Å²) in [5.74, 6) is -0.198. The van der Waals surface area contributed by atoms with Crippen LogP contribution in [0.1, 0.15) is 11.3 Å². The van der Waals surface area contributed by atoms with Gasteiger partial charge >= 0.3 is 0 Å². The Morgan fingerprint density at radius 3 is 2.95 bits per heavy atom. The number of ether oxygens (including phenoxy) is 1. The van der Waals surface area contributed by atoms with Gasteiger partial charge in [0.05, 0.1) is 29.7 Å². The van der Waals surface area contributed by atoms with Gasteiger partial charge in [0, 0.05) is 18.3 Å². The summed E-state index contributed by atoms with van der Waals surface area (Å²) in [6, 6.07) is 11.1. The maximum atomic E-state index is 12.7. The molecule has 0 saturated carbocycles. The minimum Gasteiger partial charge on any atom is -0.353 e. The molecule has 1 atom stereocenters. The van der Waals surface area contributed by atoms with Crippen LogP contribution in [-0.2, 0) is 15.1 Å². The Morgan fingerprint density at radius 2 is 2.14 bits per heavy atom. The standard InChI is InChI=1S/C16H14N4O2/c21-15-16(22-8-7-18-15,14-3-1-2-6-17-14)11-4-5-12-13(9-11)20-10-19-12/h1-6,9-10H,7-8H2,(H,18,21)(H,19,20). The van der Waals surface area contributed by atoms with Gasteiger partial charge in [-0.05, 0) is 24.3 Å². The van der Waals surface area contributed by atoms with Crippen LogP contribution in [0, 0.1) is 0 Å². The summed E-state index contributed by atoms with van der Waals surface area (Å²) < 4.78 is 5.97. The first kappa shape index (κ1) is 13.0. The molecule has 1 unspecified atom stereocenters. The van der Waals surface area contributed by atoms with Crippen LogP contribution in [-0.4, -0.2) is 34.0 Å². The van der Waals surface area contributed by atoms with Gasteiger partial charge in [0.2, 0.25) is 5.60 Å². The van der Waals surface area contributed by atoms with Gasteiger partial charge in [-0.15, -0.1) is 0 Å². The molecule has 2 N–H and O–H groups in total. The molecule has 1 saturated heterocycles. The third kappa shape index (κ3) is 1.81. The second-order valence-electron chi connectivity index (χ2n) is 5.13. The fraction of sp³-hybridized carbons (Fsp3) is 0.188. The van der Waals surface area contributed by atoms with Gasteiger partial charge in [-0.25, -0.2) is 4.98 Å². The van der Waals surface area contributed by atoms with Crippen molar-refractivity contribution >= 4 is 16.9 Å². The molecule has 6 nitrogen and oxygen atoms in total. The number of hydrogen-bond donors (Lipinski definition) is 2. The Morgan fingerprint density at radius 1 is 1.18 bits per heavy atom. The van der Waals surface area contributed by atoms with Gasteiger partial charge in [0.1, 0.15) is 0 Å². The highest BCUT2D eigenvalue weighted by Gasteiger charge is 2.46. The second kappa shape index (κ2) is 4.92. The molecule has 3 aromatic rings. The van der Waals surface area contributed by atoms with Gasteiger partial charge in [0.25, 0.3) is 5.91 Å². The Labute approximate surface area is 126 Å². The van der Waals surface area contributed by atoms with Gasteiger partial charge < -0.3 is 15.0 Å². The SMILES string of the molecule is O=C1NCCOC1(c1ccc2nc[nH]c2c1)c1ccccn1. The van der Waals surface area contributed by atoms with Crippen molar-refractivity contribution in [1.82, 2.24) is 20.3 Å². The predicted molar refractivity (Wildman–Crippen MR) is 80.1 cm³/mol.